The minimum absolute atomic E-state index is 0.0846. The summed E-state index contributed by atoms with van der Waals surface area (Å²) in [4.78, 5) is 26.2. The first kappa shape index (κ1) is 21.6. The molecule has 0 unspecified atom stereocenters. The summed E-state index contributed by atoms with van der Waals surface area (Å²) in [6.07, 6.45) is 1.87. The number of halogens is 1. The minimum atomic E-state index is -0.171. The Bertz CT molecular complexity index is 590. The van der Waals surface area contributed by atoms with E-state index in [9.17, 15) is 9.59 Å². The van der Waals surface area contributed by atoms with Crippen molar-refractivity contribution in [2.24, 2.45) is 0 Å². The van der Waals surface area contributed by atoms with Crippen molar-refractivity contribution in [1.29, 1.82) is 0 Å². The van der Waals surface area contributed by atoms with E-state index >= 15 is 0 Å². The summed E-state index contributed by atoms with van der Waals surface area (Å²) >= 11 is 7.38. The van der Waals surface area contributed by atoms with Crippen LogP contribution in [-0.4, -0.2) is 48.4 Å². The lowest BCUT2D eigenvalue weighted by Gasteiger charge is -2.21. The van der Waals surface area contributed by atoms with Crippen molar-refractivity contribution in [3.8, 4) is 5.75 Å². The summed E-state index contributed by atoms with van der Waals surface area (Å²) in [6.45, 7) is 7.50. The first-order valence-electron chi connectivity index (χ1n) is 8.42. The van der Waals surface area contributed by atoms with Gasteiger partial charge in [0.2, 0.25) is 11.8 Å². The Labute approximate surface area is 159 Å². The van der Waals surface area contributed by atoms with Crippen LogP contribution >= 0.6 is 23.4 Å². The van der Waals surface area contributed by atoms with Crippen molar-refractivity contribution < 1.29 is 14.3 Å². The molecule has 0 fully saturated rings. The van der Waals surface area contributed by atoms with Gasteiger partial charge in [-0.3, -0.25) is 9.59 Å². The van der Waals surface area contributed by atoms with E-state index in [1.807, 2.05) is 11.8 Å². The topological polar surface area (TPSA) is 58.6 Å². The summed E-state index contributed by atoms with van der Waals surface area (Å²) in [6, 6.07) is 3.45. The van der Waals surface area contributed by atoms with Gasteiger partial charge in [0.15, 0.2) is 0 Å². The number of carbonyl (C=O) groups excluding carboxylic acids is 2. The molecule has 1 aromatic carbocycles. The van der Waals surface area contributed by atoms with Gasteiger partial charge in [0.05, 0.1) is 24.3 Å². The summed E-state index contributed by atoms with van der Waals surface area (Å²) in [5.74, 6) is 0.950. The second-order valence-corrected chi connectivity index (χ2v) is 7.12. The molecule has 1 aromatic rings. The van der Waals surface area contributed by atoms with E-state index in [1.165, 1.54) is 18.9 Å². The molecule has 7 heteroatoms. The van der Waals surface area contributed by atoms with Crippen LogP contribution < -0.4 is 10.1 Å². The van der Waals surface area contributed by atoms with Gasteiger partial charge >= 0.3 is 0 Å². The van der Waals surface area contributed by atoms with E-state index < -0.39 is 0 Å². The Morgan fingerprint density at radius 1 is 1.20 bits per heavy atom. The molecule has 0 aromatic heterocycles. The molecule has 1 N–H and O–H groups in total. The molecule has 0 aliphatic heterocycles. The number of anilines is 1. The summed E-state index contributed by atoms with van der Waals surface area (Å²) in [5, 5.41) is 3.40. The Hall–Kier alpha value is -1.40. The lowest BCUT2D eigenvalue weighted by molar-refractivity contribution is -0.128. The highest BCUT2D eigenvalue weighted by atomic mass is 35.5. The fraction of sp³-hybridized carbons (Fsp3) is 0.556. The average molecular weight is 387 g/mol. The number of methoxy groups -OCH3 is 1. The second kappa shape index (κ2) is 11.3. The lowest BCUT2D eigenvalue weighted by atomic mass is 10.2. The van der Waals surface area contributed by atoms with Gasteiger partial charge in [-0.25, -0.2) is 0 Å². The van der Waals surface area contributed by atoms with Gasteiger partial charge in [0, 0.05) is 24.2 Å². The third-order valence-corrected chi connectivity index (χ3v) is 4.88. The van der Waals surface area contributed by atoms with E-state index in [-0.39, 0.29) is 17.6 Å². The van der Waals surface area contributed by atoms with Gasteiger partial charge < -0.3 is 15.0 Å². The maximum atomic E-state index is 12.2. The van der Waals surface area contributed by atoms with E-state index in [0.29, 0.717) is 22.2 Å². The number of thioether (sulfide) groups is 1. The fourth-order valence-electron chi connectivity index (χ4n) is 2.34. The Morgan fingerprint density at radius 3 is 2.40 bits per heavy atom. The highest BCUT2D eigenvalue weighted by Gasteiger charge is 2.14. The quantitative estimate of drug-likeness (QED) is 0.660. The van der Waals surface area contributed by atoms with Gasteiger partial charge in [-0.2, -0.15) is 0 Å². The molecule has 0 radical (unpaired) electrons. The van der Waals surface area contributed by atoms with Gasteiger partial charge in [-0.15, -0.1) is 11.8 Å². The van der Waals surface area contributed by atoms with Crippen molar-refractivity contribution in [3.05, 3.63) is 22.7 Å². The number of nitrogens with one attached hydrogen (secondary N) is 1. The monoisotopic (exact) mass is 386 g/mol. The zero-order valence-electron chi connectivity index (χ0n) is 15.4. The van der Waals surface area contributed by atoms with Gasteiger partial charge in [0.25, 0.3) is 0 Å². The number of aryl methyl sites for hydroxylation is 1. The zero-order chi connectivity index (χ0) is 18.8. The molecule has 0 aliphatic carbocycles. The van der Waals surface area contributed by atoms with Crippen LogP contribution in [0.3, 0.4) is 0 Å². The van der Waals surface area contributed by atoms with Crippen LogP contribution in [-0.2, 0) is 9.59 Å². The Balaban J connectivity index is 2.53. The van der Waals surface area contributed by atoms with Crippen molar-refractivity contribution in [1.82, 2.24) is 4.90 Å². The summed E-state index contributed by atoms with van der Waals surface area (Å²) in [5.41, 5.74) is 1.44. The second-order valence-electron chi connectivity index (χ2n) is 5.72. The van der Waals surface area contributed by atoms with Crippen molar-refractivity contribution in [2.45, 2.75) is 33.6 Å². The van der Waals surface area contributed by atoms with Gasteiger partial charge in [-0.05, 0) is 31.4 Å². The predicted molar refractivity (Wildman–Crippen MR) is 106 cm³/mol. The predicted octanol–water partition coefficient (Wildman–Crippen LogP) is 3.98. The third kappa shape index (κ3) is 7.16. The number of ether oxygens (including phenoxy) is 1. The van der Waals surface area contributed by atoms with Gasteiger partial charge in [-0.1, -0.05) is 25.4 Å². The highest BCUT2D eigenvalue weighted by Crippen LogP contribution is 2.31. The highest BCUT2D eigenvalue weighted by molar-refractivity contribution is 8.00. The smallest absolute Gasteiger partial charge is 0.234 e. The molecular weight excluding hydrogens is 360 g/mol. The maximum absolute atomic E-state index is 12.2. The SMILES string of the molecule is CCCN(CCC)C(=O)CSCC(=O)Nc1cc(C)c(Cl)cc1OC. The Morgan fingerprint density at radius 2 is 1.84 bits per heavy atom. The van der Waals surface area contributed by atoms with Crippen molar-refractivity contribution in [2.75, 3.05) is 37.0 Å². The molecule has 5 nitrogen and oxygen atoms in total. The number of nitrogens with zero attached hydrogens (tertiary/aromatic N) is 1. The molecular formula is C18H27ClN2O3S. The molecule has 2 amide bonds. The maximum Gasteiger partial charge on any atom is 0.234 e. The molecule has 140 valence electrons. The number of amides is 2. The zero-order valence-corrected chi connectivity index (χ0v) is 16.9. The number of hydrogen-bond donors (Lipinski definition) is 1. The van der Waals surface area contributed by atoms with Crippen molar-refractivity contribution >= 4 is 40.9 Å². The number of hydrogen-bond acceptors (Lipinski definition) is 4. The first-order valence-corrected chi connectivity index (χ1v) is 9.95. The van der Waals surface area contributed by atoms with Crippen LogP contribution in [0.25, 0.3) is 0 Å². The molecule has 0 bridgehead atoms. The normalized spacial score (nSPS) is 10.4. The molecule has 1 rings (SSSR count). The van der Waals surface area contributed by atoms with Crippen LogP contribution in [0.4, 0.5) is 5.69 Å². The third-order valence-electron chi connectivity index (χ3n) is 3.55. The molecule has 0 spiro atoms. The number of carbonyl (C=O) groups is 2. The van der Waals surface area contributed by atoms with Gasteiger partial charge in [0.1, 0.15) is 5.75 Å². The van der Waals surface area contributed by atoms with E-state index in [1.54, 1.807) is 12.1 Å². The van der Waals surface area contributed by atoms with Crippen molar-refractivity contribution in [3.63, 3.8) is 0 Å². The average Bonchev–Trinajstić information content (AvgIpc) is 2.57. The number of rotatable bonds is 10. The van der Waals surface area contributed by atoms with E-state index in [0.717, 1.165) is 31.5 Å². The van der Waals surface area contributed by atoms with Crippen LogP contribution in [0.15, 0.2) is 12.1 Å². The fourth-order valence-corrected chi connectivity index (χ4v) is 3.21. The van der Waals surface area contributed by atoms with Crippen LogP contribution in [0.2, 0.25) is 5.02 Å². The van der Waals surface area contributed by atoms with Crippen LogP contribution in [0, 0.1) is 6.92 Å². The summed E-state index contributed by atoms with van der Waals surface area (Å²) < 4.78 is 5.24. The Kier molecular flexibility index (Phi) is 9.75. The standard InChI is InChI=1S/C18H27ClN2O3S/c1-5-7-21(8-6-2)18(23)12-25-11-17(22)20-15-9-13(3)14(19)10-16(15)24-4/h9-10H,5-8,11-12H2,1-4H3,(H,20,22). The van der Waals surface area contributed by atoms with E-state index in [4.69, 9.17) is 16.3 Å². The van der Waals surface area contributed by atoms with E-state index in [2.05, 4.69) is 19.2 Å². The summed E-state index contributed by atoms with van der Waals surface area (Å²) in [7, 11) is 1.53. The largest absolute Gasteiger partial charge is 0.495 e. The van der Waals surface area contributed by atoms with Crippen LogP contribution in [0.1, 0.15) is 32.3 Å². The minimum Gasteiger partial charge on any atom is -0.495 e. The molecule has 0 saturated carbocycles. The molecule has 0 heterocycles. The first-order chi connectivity index (χ1) is 11.9. The number of benzene rings is 1. The van der Waals surface area contributed by atoms with Crippen LogP contribution in [0.5, 0.6) is 5.75 Å². The molecule has 25 heavy (non-hydrogen) atoms. The molecule has 0 saturated heterocycles. The molecule has 0 aliphatic rings. The lowest BCUT2D eigenvalue weighted by Crippen LogP contribution is -2.34. The molecule has 0 atom stereocenters.